The van der Waals surface area contributed by atoms with Crippen molar-refractivity contribution < 1.29 is 4.79 Å². The Morgan fingerprint density at radius 3 is 3.05 bits per heavy atom. The third-order valence-corrected chi connectivity index (χ3v) is 5.26. The van der Waals surface area contributed by atoms with E-state index < -0.39 is 0 Å². The number of halogens is 1. The van der Waals surface area contributed by atoms with Crippen LogP contribution in [-0.2, 0) is 19.9 Å². The molecule has 20 heavy (non-hydrogen) atoms. The molecule has 0 fully saturated rings. The van der Waals surface area contributed by atoms with Crippen molar-refractivity contribution >= 4 is 44.8 Å². The minimum Gasteiger partial charge on any atom is -0.311 e. The van der Waals surface area contributed by atoms with Crippen LogP contribution in [-0.4, -0.2) is 15.7 Å². The average Bonchev–Trinajstić information content (AvgIpc) is 3.03. The van der Waals surface area contributed by atoms with Gasteiger partial charge in [-0.25, -0.2) is 0 Å². The summed E-state index contributed by atoms with van der Waals surface area (Å²) in [5.74, 6) is -0.258. The Labute approximate surface area is 133 Å². The molecule has 3 rings (SSSR count). The van der Waals surface area contributed by atoms with Crippen molar-refractivity contribution in [1.82, 2.24) is 9.78 Å². The second-order valence-electron chi connectivity index (χ2n) is 4.63. The average molecular weight is 398 g/mol. The normalized spacial score (nSPS) is 13.1. The summed E-state index contributed by atoms with van der Waals surface area (Å²) >= 11 is 3.60. The summed E-state index contributed by atoms with van der Waals surface area (Å²) in [7, 11) is 1.78. The van der Waals surface area contributed by atoms with E-state index in [0.717, 1.165) is 28.4 Å². The molecule has 1 amide bonds. The van der Waals surface area contributed by atoms with Crippen LogP contribution in [0, 0.1) is 14.9 Å². The highest BCUT2D eigenvalue weighted by atomic mass is 127. The molecule has 0 spiro atoms. The van der Waals surface area contributed by atoms with E-state index in [1.807, 2.05) is 0 Å². The molecule has 7 heteroatoms. The molecule has 0 saturated carbocycles. The Hall–Kier alpha value is -1.40. The lowest BCUT2D eigenvalue weighted by atomic mass is 10.1. The zero-order chi connectivity index (χ0) is 14.3. The number of thiophene rings is 1. The Morgan fingerprint density at radius 1 is 1.60 bits per heavy atom. The largest absolute Gasteiger partial charge is 0.311 e. The molecule has 102 valence electrons. The van der Waals surface area contributed by atoms with Crippen LogP contribution in [0.3, 0.4) is 0 Å². The fourth-order valence-electron chi connectivity index (χ4n) is 2.39. The third-order valence-electron chi connectivity index (χ3n) is 3.26. The van der Waals surface area contributed by atoms with E-state index in [4.69, 9.17) is 0 Å². The number of nitriles is 1. The standard InChI is InChI=1S/C13H11IN4OS/c1-18-6-9(14)11(17-18)12(19)16-13-8(5-15)7-3-2-4-10(7)20-13/h6H,2-4H2,1H3,(H,16,19). The third kappa shape index (κ3) is 2.23. The van der Waals surface area contributed by atoms with E-state index in [-0.39, 0.29) is 5.91 Å². The predicted molar refractivity (Wildman–Crippen MR) is 84.9 cm³/mol. The summed E-state index contributed by atoms with van der Waals surface area (Å²) in [5.41, 5.74) is 2.14. The van der Waals surface area contributed by atoms with Gasteiger partial charge >= 0.3 is 0 Å². The number of aryl methyl sites for hydroxylation is 2. The molecule has 0 aliphatic heterocycles. The number of fused-ring (bicyclic) bond motifs is 1. The topological polar surface area (TPSA) is 70.7 Å². The van der Waals surface area contributed by atoms with Gasteiger partial charge in [0.2, 0.25) is 0 Å². The van der Waals surface area contributed by atoms with Crippen LogP contribution in [0.1, 0.15) is 32.9 Å². The smallest absolute Gasteiger partial charge is 0.277 e. The van der Waals surface area contributed by atoms with Gasteiger partial charge in [-0.1, -0.05) is 0 Å². The van der Waals surface area contributed by atoms with Crippen LogP contribution in [0.15, 0.2) is 6.20 Å². The first-order valence-corrected chi connectivity index (χ1v) is 8.05. The van der Waals surface area contributed by atoms with Crippen molar-refractivity contribution in [3.63, 3.8) is 0 Å². The molecule has 0 atom stereocenters. The lowest BCUT2D eigenvalue weighted by Crippen LogP contribution is -2.14. The molecule has 0 aromatic carbocycles. The number of hydrogen-bond acceptors (Lipinski definition) is 4. The van der Waals surface area contributed by atoms with Crippen LogP contribution < -0.4 is 5.32 Å². The van der Waals surface area contributed by atoms with Gasteiger partial charge in [0.05, 0.1) is 9.13 Å². The van der Waals surface area contributed by atoms with Crippen molar-refractivity contribution in [3.05, 3.63) is 31.5 Å². The predicted octanol–water partition coefficient (Wildman–Crippen LogP) is 2.70. The molecule has 0 saturated heterocycles. The Bertz CT molecular complexity index is 740. The minimum atomic E-state index is -0.258. The first-order valence-electron chi connectivity index (χ1n) is 6.15. The molecule has 2 heterocycles. The highest BCUT2D eigenvalue weighted by Crippen LogP contribution is 2.38. The Morgan fingerprint density at radius 2 is 2.40 bits per heavy atom. The van der Waals surface area contributed by atoms with E-state index in [1.165, 1.54) is 16.2 Å². The SMILES string of the molecule is Cn1cc(I)c(C(=O)Nc2sc3c(c2C#N)CCC3)n1. The van der Waals surface area contributed by atoms with E-state index in [0.29, 0.717) is 16.3 Å². The Balaban J connectivity index is 1.91. The second-order valence-corrected chi connectivity index (χ2v) is 6.89. The zero-order valence-electron chi connectivity index (χ0n) is 10.7. The number of carbonyl (C=O) groups is 1. The summed E-state index contributed by atoms with van der Waals surface area (Å²) < 4.78 is 2.40. The number of rotatable bonds is 2. The number of nitrogens with one attached hydrogen (secondary N) is 1. The summed E-state index contributed by atoms with van der Waals surface area (Å²) in [6.07, 6.45) is 4.83. The molecule has 2 aromatic rings. The van der Waals surface area contributed by atoms with E-state index in [1.54, 1.807) is 17.9 Å². The fourth-order valence-corrected chi connectivity index (χ4v) is 4.38. The van der Waals surface area contributed by atoms with Crippen LogP contribution in [0.25, 0.3) is 0 Å². The maximum atomic E-state index is 12.2. The molecule has 1 aliphatic carbocycles. The van der Waals surface area contributed by atoms with Gasteiger partial charge in [-0.15, -0.1) is 11.3 Å². The monoisotopic (exact) mass is 398 g/mol. The van der Waals surface area contributed by atoms with Gasteiger partial charge in [0.15, 0.2) is 5.69 Å². The summed E-state index contributed by atoms with van der Waals surface area (Å²) in [4.78, 5) is 13.5. The van der Waals surface area contributed by atoms with Crippen LogP contribution >= 0.6 is 33.9 Å². The van der Waals surface area contributed by atoms with E-state index in [9.17, 15) is 10.1 Å². The Kier molecular flexibility index (Phi) is 3.52. The molecular formula is C13H11IN4OS. The summed E-state index contributed by atoms with van der Waals surface area (Å²) in [6.45, 7) is 0. The van der Waals surface area contributed by atoms with Gasteiger partial charge in [0, 0.05) is 18.1 Å². The molecule has 0 bridgehead atoms. The highest BCUT2D eigenvalue weighted by Gasteiger charge is 2.24. The molecule has 0 radical (unpaired) electrons. The maximum Gasteiger partial charge on any atom is 0.277 e. The number of anilines is 1. The molecule has 5 nitrogen and oxygen atoms in total. The summed E-state index contributed by atoms with van der Waals surface area (Å²) in [6, 6.07) is 2.22. The number of amides is 1. The lowest BCUT2D eigenvalue weighted by Gasteiger charge is -2.02. The van der Waals surface area contributed by atoms with E-state index in [2.05, 4.69) is 39.1 Å². The van der Waals surface area contributed by atoms with Gasteiger partial charge in [-0.05, 0) is 47.4 Å². The van der Waals surface area contributed by atoms with Crippen LogP contribution in [0.4, 0.5) is 5.00 Å². The number of carbonyl (C=O) groups excluding carboxylic acids is 1. The van der Waals surface area contributed by atoms with Crippen molar-refractivity contribution in [2.45, 2.75) is 19.3 Å². The number of aromatic nitrogens is 2. The van der Waals surface area contributed by atoms with Gasteiger partial charge in [-0.2, -0.15) is 10.4 Å². The van der Waals surface area contributed by atoms with Crippen molar-refractivity contribution in [1.29, 1.82) is 5.26 Å². The quantitative estimate of drug-likeness (QED) is 0.791. The molecule has 2 aromatic heterocycles. The van der Waals surface area contributed by atoms with Crippen LogP contribution in [0.2, 0.25) is 0 Å². The maximum absolute atomic E-state index is 12.2. The van der Waals surface area contributed by atoms with Crippen molar-refractivity contribution in [2.75, 3.05) is 5.32 Å². The highest BCUT2D eigenvalue weighted by molar-refractivity contribution is 14.1. The number of hydrogen-bond donors (Lipinski definition) is 1. The first-order chi connectivity index (χ1) is 9.60. The lowest BCUT2D eigenvalue weighted by molar-refractivity contribution is 0.102. The zero-order valence-corrected chi connectivity index (χ0v) is 13.7. The van der Waals surface area contributed by atoms with E-state index >= 15 is 0 Å². The van der Waals surface area contributed by atoms with Crippen molar-refractivity contribution in [2.24, 2.45) is 7.05 Å². The van der Waals surface area contributed by atoms with Gasteiger partial charge in [-0.3, -0.25) is 9.48 Å². The molecular weight excluding hydrogens is 387 g/mol. The van der Waals surface area contributed by atoms with Gasteiger partial charge in [0.25, 0.3) is 5.91 Å². The first kappa shape index (κ1) is 13.6. The number of nitrogens with zero attached hydrogens (tertiary/aromatic N) is 3. The fraction of sp³-hybridized carbons (Fsp3) is 0.308. The molecule has 1 aliphatic rings. The van der Waals surface area contributed by atoms with Gasteiger partial charge < -0.3 is 5.32 Å². The minimum absolute atomic E-state index is 0.258. The van der Waals surface area contributed by atoms with Crippen molar-refractivity contribution in [3.8, 4) is 6.07 Å². The van der Waals surface area contributed by atoms with Gasteiger partial charge in [0.1, 0.15) is 11.1 Å². The van der Waals surface area contributed by atoms with Crippen LogP contribution in [0.5, 0.6) is 0 Å². The second kappa shape index (κ2) is 5.18. The molecule has 0 unspecified atom stereocenters. The molecule has 1 N–H and O–H groups in total. The summed E-state index contributed by atoms with van der Waals surface area (Å²) in [5, 5.41) is 16.9.